The van der Waals surface area contributed by atoms with E-state index in [1.54, 1.807) is 0 Å². The van der Waals surface area contributed by atoms with E-state index in [9.17, 15) is 4.79 Å². The monoisotopic (exact) mass is 278 g/mol. The van der Waals surface area contributed by atoms with Crippen LogP contribution in [-0.4, -0.2) is 57.0 Å². The van der Waals surface area contributed by atoms with Gasteiger partial charge in [-0.3, -0.25) is 0 Å². The molecule has 19 heavy (non-hydrogen) atoms. The van der Waals surface area contributed by atoms with Crippen molar-refractivity contribution in [3.63, 3.8) is 0 Å². The predicted molar refractivity (Wildman–Crippen MR) is 70.6 cm³/mol. The summed E-state index contributed by atoms with van der Waals surface area (Å²) in [5.74, 6) is 0. The lowest BCUT2D eigenvalue weighted by molar-refractivity contribution is -0.0254. The van der Waals surface area contributed by atoms with Gasteiger partial charge in [-0.05, 0) is 12.8 Å². The maximum atomic E-state index is 10.3. The van der Waals surface area contributed by atoms with E-state index in [1.807, 2.05) is 6.92 Å². The predicted octanol–water partition coefficient (Wildman–Crippen LogP) is 2.31. The molecule has 0 aromatic carbocycles. The van der Waals surface area contributed by atoms with Crippen molar-refractivity contribution in [2.45, 2.75) is 39.2 Å². The van der Waals surface area contributed by atoms with Crippen molar-refractivity contribution in [2.75, 3.05) is 39.6 Å². The van der Waals surface area contributed by atoms with Gasteiger partial charge in [0.2, 0.25) is 0 Å². The van der Waals surface area contributed by atoms with Gasteiger partial charge < -0.3 is 24.1 Å². The first-order valence-electron chi connectivity index (χ1n) is 6.83. The van der Waals surface area contributed by atoms with Crippen LogP contribution in [0.4, 0.5) is 4.79 Å². The molecule has 0 fully saturated rings. The Kier molecular flexibility index (Phi) is 13.0. The highest BCUT2D eigenvalue weighted by molar-refractivity contribution is 5.57. The summed E-state index contributed by atoms with van der Waals surface area (Å²) < 4.78 is 20.5. The van der Waals surface area contributed by atoms with E-state index in [2.05, 4.69) is 11.7 Å². The van der Waals surface area contributed by atoms with Crippen molar-refractivity contribution in [3.8, 4) is 0 Å². The topological polar surface area (TPSA) is 74.2 Å². The highest BCUT2D eigenvalue weighted by Crippen LogP contribution is 1.99. The molecule has 0 aromatic rings. The molecule has 0 rings (SSSR count). The van der Waals surface area contributed by atoms with Gasteiger partial charge in [0.25, 0.3) is 0 Å². The van der Waals surface area contributed by atoms with Crippen LogP contribution in [0.15, 0.2) is 0 Å². The van der Waals surface area contributed by atoms with Gasteiger partial charge in [-0.2, -0.15) is 0 Å². The Bertz CT molecular complexity index is 209. The van der Waals surface area contributed by atoms with Crippen LogP contribution >= 0.6 is 0 Å². The molecule has 0 saturated carbocycles. The van der Waals surface area contributed by atoms with Crippen LogP contribution in [0.3, 0.4) is 0 Å². The smallest absolute Gasteiger partial charge is 0.450 e. The summed E-state index contributed by atoms with van der Waals surface area (Å²) in [5.41, 5.74) is 0. The van der Waals surface area contributed by atoms with Crippen LogP contribution in [-0.2, 0) is 18.9 Å². The second-order valence-corrected chi connectivity index (χ2v) is 4.07. The summed E-state index contributed by atoms with van der Waals surface area (Å²) in [6, 6.07) is 0. The van der Waals surface area contributed by atoms with Gasteiger partial charge in [0.1, 0.15) is 6.10 Å². The Morgan fingerprint density at radius 3 is 2.11 bits per heavy atom. The Balaban J connectivity index is 3.23. The zero-order chi connectivity index (χ0) is 14.3. The van der Waals surface area contributed by atoms with Gasteiger partial charge in [-0.25, -0.2) is 4.79 Å². The molecule has 0 amide bonds. The van der Waals surface area contributed by atoms with Crippen LogP contribution in [0, 0.1) is 0 Å². The molecule has 0 aliphatic rings. The Morgan fingerprint density at radius 1 is 1.00 bits per heavy atom. The molecule has 0 aromatic heterocycles. The minimum atomic E-state index is -1.27. The standard InChI is InChI=1S/C13H26O6/c1-3-5-6-16-7-8-17-9-10-18-11-12(4-2)19-13(14)15/h12H,3-11H2,1-2H3,(H,14,15). The summed E-state index contributed by atoms with van der Waals surface area (Å²) in [5, 5.41) is 8.46. The number of ether oxygens (including phenoxy) is 4. The van der Waals surface area contributed by atoms with E-state index >= 15 is 0 Å². The molecule has 0 aliphatic carbocycles. The quantitative estimate of drug-likeness (QED) is 0.411. The van der Waals surface area contributed by atoms with E-state index in [0.29, 0.717) is 32.8 Å². The Hall–Kier alpha value is -0.850. The third-order valence-corrected chi connectivity index (χ3v) is 2.41. The van der Waals surface area contributed by atoms with Crippen molar-refractivity contribution in [1.82, 2.24) is 0 Å². The lowest BCUT2D eigenvalue weighted by Gasteiger charge is -2.14. The van der Waals surface area contributed by atoms with Crippen molar-refractivity contribution >= 4 is 6.16 Å². The molecule has 0 heterocycles. The van der Waals surface area contributed by atoms with E-state index < -0.39 is 12.3 Å². The molecule has 6 heteroatoms. The molecular formula is C13H26O6. The first-order valence-corrected chi connectivity index (χ1v) is 6.83. The normalized spacial score (nSPS) is 12.3. The third-order valence-electron chi connectivity index (χ3n) is 2.41. The second-order valence-electron chi connectivity index (χ2n) is 4.07. The van der Waals surface area contributed by atoms with Crippen molar-refractivity contribution in [3.05, 3.63) is 0 Å². The Morgan fingerprint density at radius 2 is 1.58 bits per heavy atom. The second kappa shape index (κ2) is 13.6. The molecule has 0 aliphatic heterocycles. The molecule has 6 nitrogen and oxygen atoms in total. The fraction of sp³-hybridized carbons (Fsp3) is 0.923. The molecule has 0 bridgehead atoms. The van der Waals surface area contributed by atoms with E-state index in [4.69, 9.17) is 19.3 Å². The van der Waals surface area contributed by atoms with E-state index in [1.165, 1.54) is 0 Å². The maximum Gasteiger partial charge on any atom is 0.506 e. The number of hydrogen-bond donors (Lipinski definition) is 1. The summed E-state index contributed by atoms with van der Waals surface area (Å²) in [7, 11) is 0. The first-order chi connectivity index (χ1) is 9.20. The minimum Gasteiger partial charge on any atom is -0.450 e. The number of unbranched alkanes of at least 4 members (excludes halogenated alkanes) is 1. The Labute approximate surface area is 115 Å². The zero-order valence-corrected chi connectivity index (χ0v) is 11.9. The average Bonchev–Trinajstić information content (AvgIpc) is 2.39. The molecule has 0 saturated heterocycles. The van der Waals surface area contributed by atoms with Gasteiger partial charge in [0.15, 0.2) is 0 Å². The molecule has 114 valence electrons. The summed E-state index contributed by atoms with van der Waals surface area (Å²) in [6.07, 6.45) is 1.13. The van der Waals surface area contributed by atoms with Gasteiger partial charge in [0, 0.05) is 6.61 Å². The minimum absolute atomic E-state index is 0.263. The fourth-order valence-electron chi connectivity index (χ4n) is 1.28. The molecule has 0 spiro atoms. The molecule has 1 atom stereocenters. The lowest BCUT2D eigenvalue weighted by Crippen LogP contribution is -2.23. The number of hydrogen-bond acceptors (Lipinski definition) is 5. The molecule has 1 unspecified atom stereocenters. The molecule has 1 N–H and O–H groups in total. The number of carboxylic acid groups (broad SMARTS) is 1. The van der Waals surface area contributed by atoms with Gasteiger partial charge in [-0.1, -0.05) is 20.3 Å². The summed E-state index contributed by atoms with van der Waals surface area (Å²) in [6.45, 7) is 7.06. The van der Waals surface area contributed by atoms with Crippen molar-refractivity contribution in [2.24, 2.45) is 0 Å². The summed E-state index contributed by atoms with van der Waals surface area (Å²) >= 11 is 0. The fourth-order valence-corrected chi connectivity index (χ4v) is 1.28. The number of carbonyl (C=O) groups is 1. The first kappa shape index (κ1) is 18.1. The average molecular weight is 278 g/mol. The number of rotatable bonds is 13. The van der Waals surface area contributed by atoms with Crippen LogP contribution in [0.25, 0.3) is 0 Å². The zero-order valence-electron chi connectivity index (χ0n) is 11.9. The van der Waals surface area contributed by atoms with Crippen LogP contribution in [0.1, 0.15) is 33.1 Å². The molecule has 0 radical (unpaired) electrons. The van der Waals surface area contributed by atoms with Crippen LogP contribution in [0.5, 0.6) is 0 Å². The highest BCUT2D eigenvalue weighted by atomic mass is 16.7. The molecular weight excluding hydrogens is 252 g/mol. The van der Waals surface area contributed by atoms with Crippen LogP contribution in [0.2, 0.25) is 0 Å². The highest BCUT2D eigenvalue weighted by Gasteiger charge is 2.10. The van der Waals surface area contributed by atoms with E-state index in [0.717, 1.165) is 19.4 Å². The summed E-state index contributed by atoms with van der Waals surface area (Å²) in [4.78, 5) is 10.3. The van der Waals surface area contributed by atoms with Gasteiger partial charge >= 0.3 is 6.16 Å². The van der Waals surface area contributed by atoms with Gasteiger partial charge in [-0.15, -0.1) is 0 Å². The van der Waals surface area contributed by atoms with Crippen LogP contribution < -0.4 is 0 Å². The largest absolute Gasteiger partial charge is 0.506 e. The van der Waals surface area contributed by atoms with Crippen molar-refractivity contribution < 1.29 is 28.8 Å². The SMILES string of the molecule is CCCCOCCOCCOCC(CC)OC(=O)O. The maximum absolute atomic E-state index is 10.3. The van der Waals surface area contributed by atoms with E-state index in [-0.39, 0.29) is 6.61 Å². The lowest BCUT2D eigenvalue weighted by atomic mass is 10.3. The van der Waals surface area contributed by atoms with Gasteiger partial charge in [0.05, 0.1) is 33.0 Å². The van der Waals surface area contributed by atoms with Crippen molar-refractivity contribution in [1.29, 1.82) is 0 Å². The third kappa shape index (κ3) is 13.4.